The Kier molecular flexibility index (Phi) is 3.79. The third kappa shape index (κ3) is 2.51. The van der Waals surface area contributed by atoms with Crippen LogP contribution in [0.15, 0.2) is 18.2 Å². The van der Waals surface area contributed by atoms with Crippen molar-refractivity contribution in [1.82, 2.24) is 4.90 Å². The van der Waals surface area contributed by atoms with Crippen molar-refractivity contribution >= 4 is 11.6 Å². The summed E-state index contributed by atoms with van der Waals surface area (Å²) in [7, 11) is 1.80. The third-order valence-electron chi connectivity index (χ3n) is 4.54. The van der Waals surface area contributed by atoms with E-state index in [1.807, 2.05) is 0 Å². The fraction of sp³-hybridized carbons (Fsp3) is 0.600. The molecule has 1 heterocycles. The predicted molar refractivity (Wildman–Crippen MR) is 73.7 cm³/mol. The Hall–Kier alpha value is -0.640. The van der Waals surface area contributed by atoms with Gasteiger partial charge < -0.3 is 4.74 Å². The van der Waals surface area contributed by atoms with Crippen molar-refractivity contribution in [3.05, 3.63) is 34.6 Å². The molecule has 2 bridgehead atoms. The molecule has 1 saturated heterocycles. The zero-order valence-corrected chi connectivity index (χ0v) is 11.9. The number of hydrogen-bond acceptors (Lipinski definition) is 2. The van der Waals surface area contributed by atoms with E-state index in [4.69, 9.17) is 16.3 Å². The van der Waals surface area contributed by atoms with Crippen molar-refractivity contribution in [3.8, 4) is 0 Å². The van der Waals surface area contributed by atoms with E-state index in [1.165, 1.54) is 18.9 Å². The van der Waals surface area contributed by atoms with Crippen LogP contribution in [0.4, 0.5) is 4.39 Å². The van der Waals surface area contributed by atoms with Crippen LogP contribution in [0.3, 0.4) is 0 Å². The smallest absolute Gasteiger partial charge is 0.129 e. The highest BCUT2D eigenvalue weighted by Crippen LogP contribution is 2.39. The number of nitrogens with zero attached hydrogens (tertiary/aromatic N) is 1. The highest BCUT2D eigenvalue weighted by molar-refractivity contribution is 6.31. The van der Waals surface area contributed by atoms with Gasteiger partial charge in [0.2, 0.25) is 0 Å². The average molecular weight is 284 g/mol. The van der Waals surface area contributed by atoms with Gasteiger partial charge in [-0.2, -0.15) is 0 Å². The zero-order chi connectivity index (χ0) is 13.4. The first-order valence-corrected chi connectivity index (χ1v) is 7.25. The monoisotopic (exact) mass is 283 g/mol. The van der Waals surface area contributed by atoms with Gasteiger partial charge in [0.05, 0.1) is 6.10 Å². The lowest BCUT2D eigenvalue weighted by atomic mass is 9.94. The van der Waals surface area contributed by atoms with Crippen molar-refractivity contribution in [1.29, 1.82) is 0 Å². The molecular formula is C15H19ClFNO. The minimum Gasteiger partial charge on any atom is -0.381 e. The van der Waals surface area contributed by atoms with Gasteiger partial charge in [0.15, 0.2) is 0 Å². The third-order valence-corrected chi connectivity index (χ3v) is 4.89. The largest absolute Gasteiger partial charge is 0.381 e. The van der Waals surface area contributed by atoms with Crippen LogP contribution in [0, 0.1) is 17.7 Å². The Morgan fingerprint density at radius 1 is 1.32 bits per heavy atom. The maximum atomic E-state index is 13.8. The molecule has 2 fully saturated rings. The molecule has 0 amide bonds. The maximum Gasteiger partial charge on any atom is 0.129 e. The van der Waals surface area contributed by atoms with Gasteiger partial charge in [-0.25, -0.2) is 4.39 Å². The second-order valence-corrected chi connectivity index (χ2v) is 6.10. The Labute approximate surface area is 118 Å². The van der Waals surface area contributed by atoms with Crippen LogP contribution in [-0.4, -0.2) is 31.2 Å². The molecule has 1 unspecified atom stereocenters. The van der Waals surface area contributed by atoms with E-state index in [9.17, 15) is 4.39 Å². The maximum absolute atomic E-state index is 13.8. The second-order valence-electron chi connectivity index (χ2n) is 5.69. The predicted octanol–water partition coefficient (Wildman–Crippen LogP) is 3.34. The molecule has 1 aliphatic heterocycles. The summed E-state index contributed by atoms with van der Waals surface area (Å²) in [4.78, 5) is 2.32. The summed E-state index contributed by atoms with van der Waals surface area (Å²) in [5, 5.41) is 0.529. The lowest BCUT2D eigenvalue weighted by Gasteiger charge is -2.37. The number of piperidine rings is 1. The van der Waals surface area contributed by atoms with E-state index < -0.39 is 0 Å². The molecule has 4 heteroatoms. The topological polar surface area (TPSA) is 12.5 Å². The summed E-state index contributed by atoms with van der Waals surface area (Å²) in [5.74, 6) is 0.984. The van der Waals surface area contributed by atoms with Crippen LogP contribution < -0.4 is 0 Å². The van der Waals surface area contributed by atoms with E-state index in [-0.39, 0.29) is 5.82 Å². The van der Waals surface area contributed by atoms with Gasteiger partial charge in [-0.15, -0.1) is 0 Å². The van der Waals surface area contributed by atoms with E-state index in [0.29, 0.717) is 35.1 Å². The van der Waals surface area contributed by atoms with Crippen molar-refractivity contribution < 1.29 is 9.13 Å². The van der Waals surface area contributed by atoms with Crippen molar-refractivity contribution in [2.24, 2.45) is 11.8 Å². The van der Waals surface area contributed by atoms with E-state index in [1.54, 1.807) is 19.2 Å². The molecule has 3 rings (SSSR count). The Morgan fingerprint density at radius 2 is 2.00 bits per heavy atom. The highest BCUT2D eigenvalue weighted by Gasteiger charge is 2.42. The van der Waals surface area contributed by atoms with Crippen molar-refractivity contribution in [2.45, 2.75) is 25.5 Å². The summed E-state index contributed by atoms with van der Waals surface area (Å²) in [6.07, 6.45) is 2.85. The number of benzene rings is 1. The molecule has 1 aliphatic carbocycles. The minimum atomic E-state index is -0.200. The van der Waals surface area contributed by atoms with E-state index in [2.05, 4.69) is 4.90 Å². The standard InChI is InChI=1S/C15H19ClFNO/c1-19-15-10-5-6-11(15)8-18(7-10)9-12-13(16)3-2-4-14(12)17/h2-4,10-11,15H,5-9H2,1H3/t10-,11+,15?. The Morgan fingerprint density at radius 3 is 2.58 bits per heavy atom. The SMILES string of the molecule is COC1[C@@H]2CC[C@H]1CN(Cc1c(F)cccc1Cl)C2. The lowest BCUT2D eigenvalue weighted by molar-refractivity contribution is -0.0182. The van der Waals surface area contributed by atoms with Crippen LogP contribution in [-0.2, 0) is 11.3 Å². The molecular weight excluding hydrogens is 265 g/mol. The number of likely N-dealkylation sites (tertiary alicyclic amines) is 1. The zero-order valence-electron chi connectivity index (χ0n) is 11.1. The molecule has 0 spiro atoms. The fourth-order valence-corrected chi connectivity index (χ4v) is 3.91. The van der Waals surface area contributed by atoms with Crippen LogP contribution in [0.25, 0.3) is 0 Å². The molecule has 19 heavy (non-hydrogen) atoms. The minimum absolute atomic E-state index is 0.200. The molecule has 0 N–H and O–H groups in total. The highest BCUT2D eigenvalue weighted by atomic mass is 35.5. The van der Waals surface area contributed by atoms with Gasteiger partial charge >= 0.3 is 0 Å². The van der Waals surface area contributed by atoms with Gasteiger partial charge in [0.1, 0.15) is 5.82 Å². The van der Waals surface area contributed by atoms with Gasteiger partial charge in [-0.1, -0.05) is 17.7 Å². The molecule has 1 saturated carbocycles. The van der Waals surface area contributed by atoms with Gasteiger partial charge in [-0.3, -0.25) is 4.90 Å². The summed E-state index contributed by atoms with van der Waals surface area (Å²) >= 11 is 6.10. The average Bonchev–Trinajstić information content (AvgIpc) is 2.64. The lowest BCUT2D eigenvalue weighted by Crippen LogP contribution is -2.45. The summed E-state index contributed by atoms with van der Waals surface area (Å²) in [5.41, 5.74) is 0.624. The van der Waals surface area contributed by atoms with Crippen LogP contribution >= 0.6 is 11.6 Å². The molecule has 1 aromatic carbocycles. The molecule has 2 nitrogen and oxygen atoms in total. The molecule has 1 aromatic rings. The van der Waals surface area contributed by atoms with Crippen LogP contribution in [0.5, 0.6) is 0 Å². The number of hydrogen-bond donors (Lipinski definition) is 0. The number of rotatable bonds is 3. The van der Waals surface area contributed by atoms with Crippen molar-refractivity contribution in [3.63, 3.8) is 0 Å². The van der Waals surface area contributed by atoms with E-state index in [0.717, 1.165) is 13.1 Å². The quantitative estimate of drug-likeness (QED) is 0.844. The van der Waals surface area contributed by atoms with Gasteiger partial charge in [0.25, 0.3) is 0 Å². The van der Waals surface area contributed by atoms with Crippen LogP contribution in [0.1, 0.15) is 18.4 Å². The molecule has 104 valence electrons. The fourth-order valence-electron chi connectivity index (χ4n) is 3.69. The first-order valence-electron chi connectivity index (χ1n) is 6.87. The normalized spacial score (nSPS) is 30.8. The second kappa shape index (κ2) is 5.39. The molecule has 0 aromatic heterocycles. The number of ether oxygens (including phenoxy) is 1. The van der Waals surface area contributed by atoms with Crippen LogP contribution in [0.2, 0.25) is 5.02 Å². The Balaban J connectivity index is 1.72. The number of methoxy groups -OCH3 is 1. The van der Waals surface area contributed by atoms with Crippen molar-refractivity contribution in [2.75, 3.05) is 20.2 Å². The summed E-state index contributed by atoms with van der Waals surface area (Å²) in [6, 6.07) is 4.90. The first-order chi connectivity index (χ1) is 9.19. The van der Waals surface area contributed by atoms with Gasteiger partial charge in [-0.05, 0) is 36.8 Å². The number of halogens is 2. The summed E-state index contributed by atoms with van der Waals surface area (Å²) < 4.78 is 19.4. The first kappa shape index (κ1) is 13.3. The molecule has 2 aliphatic rings. The van der Waals surface area contributed by atoms with Gasteiger partial charge in [0, 0.05) is 37.3 Å². The molecule has 3 atom stereocenters. The molecule has 0 radical (unpaired) electrons. The number of fused-ring (bicyclic) bond motifs is 2. The Bertz CT molecular complexity index is 433. The van der Waals surface area contributed by atoms with E-state index >= 15 is 0 Å². The summed E-state index contributed by atoms with van der Waals surface area (Å²) in [6.45, 7) is 2.58.